The van der Waals surface area contributed by atoms with Crippen molar-refractivity contribution in [2.75, 3.05) is 13.2 Å². The van der Waals surface area contributed by atoms with Crippen molar-refractivity contribution in [3.63, 3.8) is 0 Å². The van der Waals surface area contributed by atoms with Crippen molar-refractivity contribution < 1.29 is 33.7 Å². The molecule has 9 nitrogen and oxygen atoms in total. The predicted octanol–water partition coefficient (Wildman–Crippen LogP) is 3.06. The van der Waals surface area contributed by atoms with Gasteiger partial charge in [0.15, 0.2) is 6.10 Å². The summed E-state index contributed by atoms with van der Waals surface area (Å²) in [5, 5.41) is 26.8. The fourth-order valence-electron chi connectivity index (χ4n) is 5.06. The number of ether oxygens (including phenoxy) is 1. The highest BCUT2D eigenvalue weighted by molar-refractivity contribution is 5.97. The lowest BCUT2D eigenvalue weighted by Gasteiger charge is -2.30. The number of phenolic OH excluding ortho intramolecular Hbond substituents is 1. The molecular weight excluding hydrogens is 541 g/mol. The van der Waals surface area contributed by atoms with Crippen LogP contribution in [-0.4, -0.2) is 70.3 Å². The zero-order valence-electron chi connectivity index (χ0n) is 23.6. The number of halogens is 1. The van der Waals surface area contributed by atoms with Gasteiger partial charge in [-0.05, 0) is 55.7 Å². The summed E-state index contributed by atoms with van der Waals surface area (Å²) in [6.45, 7) is 3.73. The van der Waals surface area contributed by atoms with E-state index >= 15 is 0 Å². The molecule has 0 bridgehead atoms. The predicted molar refractivity (Wildman–Crippen MR) is 155 cm³/mol. The maximum atomic E-state index is 14.6. The van der Waals surface area contributed by atoms with E-state index in [-0.39, 0.29) is 37.2 Å². The number of benzene rings is 3. The fraction of sp³-hybridized carbons (Fsp3) is 0.344. The van der Waals surface area contributed by atoms with Crippen LogP contribution in [0.25, 0.3) is 0 Å². The number of phenols is 1. The SMILES string of the molecule is CCOc1cccc(CNC(=O)[C@H]2C[C@H](F)CN2C(=O)[C@@H](O)[C@H](Cc2ccccc2)NC(=O)c2cccc(O)c2C)c1. The van der Waals surface area contributed by atoms with Crippen LogP contribution in [0.5, 0.6) is 11.5 Å². The van der Waals surface area contributed by atoms with E-state index in [4.69, 9.17) is 4.74 Å². The Bertz CT molecular complexity index is 1400. The molecule has 4 rings (SSSR count). The van der Waals surface area contributed by atoms with Crippen LogP contribution in [0.15, 0.2) is 72.8 Å². The Kier molecular flexibility index (Phi) is 10.1. The minimum absolute atomic E-state index is 0.0663. The first-order chi connectivity index (χ1) is 20.2. The molecule has 1 saturated heterocycles. The van der Waals surface area contributed by atoms with E-state index in [0.717, 1.165) is 16.0 Å². The standard InChI is InChI=1S/C32H36FN3O6/c1-3-42-24-12-7-11-22(15-24)18-34-31(40)27-17-23(33)19-36(27)32(41)29(38)26(16-21-9-5-4-6-10-21)35-30(39)25-13-8-14-28(37)20(25)2/h4-15,23,26-27,29,37-38H,3,16-19H2,1-2H3,(H,34,40)(H,35,39)/t23-,26-,27+,29-/m0/s1. The van der Waals surface area contributed by atoms with Crippen LogP contribution in [0, 0.1) is 6.92 Å². The Labute approximate surface area is 244 Å². The average molecular weight is 578 g/mol. The van der Waals surface area contributed by atoms with Gasteiger partial charge in [-0.15, -0.1) is 0 Å². The first kappa shape index (κ1) is 30.5. The molecule has 0 radical (unpaired) electrons. The summed E-state index contributed by atoms with van der Waals surface area (Å²) in [4.78, 5) is 40.9. The first-order valence-electron chi connectivity index (χ1n) is 13.9. The number of hydrogen-bond donors (Lipinski definition) is 4. The minimum atomic E-state index is -1.77. The van der Waals surface area contributed by atoms with Crippen molar-refractivity contribution in [1.29, 1.82) is 0 Å². The molecule has 3 aromatic rings. The maximum Gasteiger partial charge on any atom is 0.254 e. The molecule has 4 N–H and O–H groups in total. The van der Waals surface area contributed by atoms with Crippen molar-refractivity contribution in [1.82, 2.24) is 15.5 Å². The number of amides is 3. The van der Waals surface area contributed by atoms with Crippen LogP contribution in [0.2, 0.25) is 0 Å². The zero-order chi connectivity index (χ0) is 30.2. The summed E-state index contributed by atoms with van der Waals surface area (Å²) < 4.78 is 20.1. The highest BCUT2D eigenvalue weighted by atomic mass is 19.1. The lowest BCUT2D eigenvalue weighted by atomic mass is 9.98. The number of alkyl halides is 1. The molecule has 4 atom stereocenters. The molecule has 1 fully saturated rings. The molecule has 0 unspecified atom stereocenters. The van der Waals surface area contributed by atoms with Crippen molar-refractivity contribution in [2.45, 2.75) is 57.6 Å². The van der Waals surface area contributed by atoms with Crippen molar-refractivity contribution in [3.8, 4) is 11.5 Å². The van der Waals surface area contributed by atoms with Crippen LogP contribution in [-0.2, 0) is 22.6 Å². The van der Waals surface area contributed by atoms with Gasteiger partial charge in [-0.25, -0.2) is 4.39 Å². The number of carbonyl (C=O) groups is 3. The quantitative estimate of drug-likeness (QED) is 0.277. The summed E-state index contributed by atoms with van der Waals surface area (Å²) in [7, 11) is 0. The lowest BCUT2D eigenvalue weighted by Crippen LogP contribution is -2.55. The second-order valence-electron chi connectivity index (χ2n) is 10.3. The van der Waals surface area contributed by atoms with Crippen LogP contribution >= 0.6 is 0 Å². The molecule has 1 heterocycles. The van der Waals surface area contributed by atoms with E-state index in [2.05, 4.69) is 10.6 Å². The third-order valence-corrected chi connectivity index (χ3v) is 7.31. The zero-order valence-corrected chi connectivity index (χ0v) is 23.6. The van der Waals surface area contributed by atoms with Crippen molar-refractivity contribution in [3.05, 3.63) is 95.1 Å². The Hall–Kier alpha value is -4.44. The van der Waals surface area contributed by atoms with Gasteiger partial charge in [0, 0.05) is 24.1 Å². The Balaban J connectivity index is 1.50. The number of aliphatic hydroxyl groups is 1. The highest BCUT2D eigenvalue weighted by Crippen LogP contribution is 2.24. The van der Waals surface area contributed by atoms with Gasteiger partial charge >= 0.3 is 0 Å². The summed E-state index contributed by atoms with van der Waals surface area (Å²) in [6.07, 6.45) is -3.33. The number of aliphatic hydroxyl groups excluding tert-OH is 1. The molecule has 0 aromatic heterocycles. The molecule has 0 aliphatic carbocycles. The lowest BCUT2D eigenvalue weighted by molar-refractivity contribution is -0.146. The fourth-order valence-corrected chi connectivity index (χ4v) is 5.06. The molecule has 1 aliphatic rings. The van der Waals surface area contributed by atoms with Crippen molar-refractivity contribution in [2.24, 2.45) is 0 Å². The Morgan fingerprint density at radius 1 is 1.05 bits per heavy atom. The number of carbonyl (C=O) groups excluding carboxylic acids is 3. The molecule has 3 aromatic carbocycles. The summed E-state index contributed by atoms with van der Waals surface area (Å²) in [6, 6.07) is 18.5. The number of nitrogens with one attached hydrogen (secondary N) is 2. The van der Waals surface area contributed by atoms with Gasteiger partial charge in [-0.1, -0.05) is 48.5 Å². The molecule has 10 heteroatoms. The summed E-state index contributed by atoms with van der Waals surface area (Å²) in [5.74, 6) is -1.41. The van der Waals surface area contributed by atoms with Gasteiger partial charge in [-0.2, -0.15) is 0 Å². The normalized spacial score (nSPS) is 17.8. The molecule has 1 aliphatic heterocycles. The van der Waals surface area contributed by atoms with E-state index in [1.54, 1.807) is 49.4 Å². The van der Waals surface area contributed by atoms with Crippen LogP contribution in [0.1, 0.15) is 40.4 Å². The number of rotatable bonds is 11. The van der Waals surface area contributed by atoms with Gasteiger partial charge in [0.2, 0.25) is 5.91 Å². The highest BCUT2D eigenvalue weighted by Gasteiger charge is 2.43. The van der Waals surface area contributed by atoms with Gasteiger partial charge < -0.3 is 30.5 Å². The molecule has 42 heavy (non-hydrogen) atoms. The Morgan fingerprint density at radius 2 is 1.76 bits per heavy atom. The van der Waals surface area contributed by atoms with E-state index in [1.165, 1.54) is 18.2 Å². The second kappa shape index (κ2) is 14.0. The Morgan fingerprint density at radius 3 is 2.50 bits per heavy atom. The van der Waals surface area contributed by atoms with E-state index in [9.17, 15) is 29.0 Å². The monoisotopic (exact) mass is 577 g/mol. The largest absolute Gasteiger partial charge is 0.508 e. The summed E-state index contributed by atoms with van der Waals surface area (Å²) in [5.41, 5.74) is 2.05. The van der Waals surface area contributed by atoms with Crippen LogP contribution in [0.3, 0.4) is 0 Å². The third-order valence-electron chi connectivity index (χ3n) is 7.31. The van der Waals surface area contributed by atoms with Crippen molar-refractivity contribution >= 4 is 17.7 Å². The van der Waals surface area contributed by atoms with E-state index in [0.29, 0.717) is 17.9 Å². The van der Waals surface area contributed by atoms with Crippen LogP contribution in [0.4, 0.5) is 4.39 Å². The number of nitrogens with zero attached hydrogens (tertiary/aromatic N) is 1. The van der Waals surface area contributed by atoms with E-state index in [1.807, 2.05) is 19.1 Å². The minimum Gasteiger partial charge on any atom is -0.508 e. The molecular formula is C32H36FN3O6. The third kappa shape index (κ3) is 7.44. The average Bonchev–Trinajstić information content (AvgIpc) is 3.38. The van der Waals surface area contributed by atoms with Gasteiger partial charge in [0.1, 0.15) is 23.7 Å². The smallest absolute Gasteiger partial charge is 0.254 e. The maximum absolute atomic E-state index is 14.6. The van der Waals surface area contributed by atoms with E-state index < -0.39 is 42.1 Å². The van der Waals surface area contributed by atoms with Gasteiger partial charge in [0.25, 0.3) is 11.8 Å². The summed E-state index contributed by atoms with van der Waals surface area (Å²) >= 11 is 0. The number of hydrogen-bond acceptors (Lipinski definition) is 6. The molecule has 222 valence electrons. The van der Waals surface area contributed by atoms with Gasteiger partial charge in [0.05, 0.1) is 19.2 Å². The molecule has 3 amide bonds. The molecule has 0 spiro atoms. The second-order valence-corrected chi connectivity index (χ2v) is 10.3. The first-order valence-corrected chi connectivity index (χ1v) is 13.9. The molecule has 0 saturated carbocycles. The number of aromatic hydroxyl groups is 1. The van der Waals surface area contributed by atoms with Gasteiger partial charge in [-0.3, -0.25) is 14.4 Å². The van der Waals surface area contributed by atoms with Crippen LogP contribution < -0.4 is 15.4 Å². The topological polar surface area (TPSA) is 128 Å². The number of likely N-dealkylation sites (tertiary alicyclic amines) is 1.